The number of carboxylic acid groups (broad SMARTS) is 1. The summed E-state index contributed by atoms with van der Waals surface area (Å²) in [5.41, 5.74) is 1.45. The van der Waals surface area contributed by atoms with Crippen molar-refractivity contribution in [1.82, 2.24) is 4.57 Å². The van der Waals surface area contributed by atoms with Gasteiger partial charge in [-0.3, -0.25) is 4.79 Å². The number of nitrogens with zero attached hydrogens (tertiary/aromatic N) is 1. The van der Waals surface area contributed by atoms with Crippen LogP contribution in [0.2, 0.25) is 0 Å². The van der Waals surface area contributed by atoms with Crippen molar-refractivity contribution >= 4 is 16.9 Å². The highest BCUT2D eigenvalue weighted by Crippen LogP contribution is 2.21. The van der Waals surface area contributed by atoms with E-state index in [0.29, 0.717) is 12.2 Å². The van der Waals surface area contributed by atoms with Crippen LogP contribution in [0.5, 0.6) is 0 Å². The van der Waals surface area contributed by atoms with Crippen molar-refractivity contribution in [3.8, 4) is 0 Å². The molecule has 0 saturated heterocycles. The second kappa shape index (κ2) is 3.96. The van der Waals surface area contributed by atoms with Gasteiger partial charge in [-0.25, -0.2) is 4.39 Å². The lowest BCUT2D eigenvalue weighted by atomic mass is 10.2. The number of aliphatic carboxylic acids is 1. The van der Waals surface area contributed by atoms with Crippen molar-refractivity contribution in [1.29, 1.82) is 0 Å². The molecular formula is C12H12FNO2. The van der Waals surface area contributed by atoms with Crippen LogP contribution in [0, 0.1) is 5.82 Å². The van der Waals surface area contributed by atoms with Gasteiger partial charge in [-0.1, -0.05) is 0 Å². The molecule has 16 heavy (non-hydrogen) atoms. The van der Waals surface area contributed by atoms with Gasteiger partial charge in [0.1, 0.15) is 5.82 Å². The molecule has 2 rings (SSSR count). The maximum Gasteiger partial charge on any atom is 0.309 e. The van der Waals surface area contributed by atoms with Crippen molar-refractivity contribution in [2.24, 2.45) is 0 Å². The molecule has 4 heteroatoms. The summed E-state index contributed by atoms with van der Waals surface area (Å²) in [7, 11) is 0. The number of benzene rings is 1. The molecule has 0 bridgehead atoms. The Morgan fingerprint density at radius 2 is 2.19 bits per heavy atom. The fourth-order valence-electron chi connectivity index (χ4n) is 1.96. The quantitative estimate of drug-likeness (QED) is 0.864. The number of rotatable bonds is 3. The van der Waals surface area contributed by atoms with Gasteiger partial charge in [0.15, 0.2) is 0 Å². The number of halogens is 1. The van der Waals surface area contributed by atoms with Crippen LogP contribution >= 0.6 is 0 Å². The van der Waals surface area contributed by atoms with Crippen LogP contribution < -0.4 is 0 Å². The van der Waals surface area contributed by atoms with Gasteiger partial charge in [0.25, 0.3) is 0 Å². The second-order valence-electron chi connectivity index (χ2n) is 3.65. The number of aromatic nitrogens is 1. The molecule has 2 aromatic rings. The van der Waals surface area contributed by atoms with E-state index in [2.05, 4.69) is 0 Å². The van der Waals surface area contributed by atoms with Crippen LogP contribution in [0.15, 0.2) is 24.3 Å². The van der Waals surface area contributed by atoms with Gasteiger partial charge in [0.05, 0.1) is 11.9 Å². The van der Waals surface area contributed by atoms with Crippen LogP contribution in [-0.2, 0) is 17.8 Å². The molecule has 0 atom stereocenters. The van der Waals surface area contributed by atoms with E-state index >= 15 is 0 Å². The largest absolute Gasteiger partial charge is 0.481 e. The Kier molecular flexibility index (Phi) is 2.64. The first-order valence-corrected chi connectivity index (χ1v) is 5.11. The predicted molar refractivity (Wildman–Crippen MR) is 58.9 cm³/mol. The van der Waals surface area contributed by atoms with E-state index in [-0.39, 0.29) is 12.2 Å². The SMILES string of the molecule is CCn1c(CC(=O)O)cc2ccc(F)cc21. The molecule has 0 spiro atoms. The number of carboxylic acids is 1. The van der Waals surface area contributed by atoms with E-state index in [9.17, 15) is 9.18 Å². The molecule has 0 saturated carbocycles. The summed E-state index contributed by atoms with van der Waals surface area (Å²) in [6.45, 7) is 2.55. The molecule has 0 unspecified atom stereocenters. The van der Waals surface area contributed by atoms with Crippen LogP contribution in [0.3, 0.4) is 0 Å². The van der Waals surface area contributed by atoms with Gasteiger partial charge < -0.3 is 9.67 Å². The Morgan fingerprint density at radius 3 is 2.81 bits per heavy atom. The minimum Gasteiger partial charge on any atom is -0.481 e. The lowest BCUT2D eigenvalue weighted by Crippen LogP contribution is -2.06. The molecule has 3 nitrogen and oxygen atoms in total. The molecule has 84 valence electrons. The first kappa shape index (κ1) is 10.7. The highest BCUT2D eigenvalue weighted by Gasteiger charge is 2.10. The maximum atomic E-state index is 13.1. The van der Waals surface area contributed by atoms with E-state index in [1.807, 2.05) is 11.5 Å². The monoisotopic (exact) mass is 221 g/mol. The number of fused-ring (bicyclic) bond motifs is 1. The summed E-state index contributed by atoms with van der Waals surface area (Å²) in [4.78, 5) is 10.7. The molecule has 1 aromatic carbocycles. The summed E-state index contributed by atoms with van der Waals surface area (Å²) in [5.74, 6) is -1.18. The normalized spacial score (nSPS) is 10.9. The summed E-state index contributed by atoms with van der Waals surface area (Å²) < 4.78 is 14.9. The minimum atomic E-state index is -0.877. The Bertz CT molecular complexity index is 545. The summed E-state index contributed by atoms with van der Waals surface area (Å²) >= 11 is 0. The first-order chi connectivity index (χ1) is 7.61. The van der Waals surface area contributed by atoms with E-state index in [1.165, 1.54) is 12.1 Å². The molecule has 0 radical (unpaired) electrons. The van der Waals surface area contributed by atoms with Crippen molar-refractivity contribution < 1.29 is 14.3 Å². The van der Waals surface area contributed by atoms with Crippen LogP contribution in [0.25, 0.3) is 10.9 Å². The zero-order chi connectivity index (χ0) is 11.7. The summed E-state index contributed by atoms with van der Waals surface area (Å²) in [5, 5.41) is 9.65. The van der Waals surface area contributed by atoms with Gasteiger partial charge >= 0.3 is 5.97 Å². The van der Waals surface area contributed by atoms with Crippen LogP contribution in [0.4, 0.5) is 4.39 Å². The molecule has 0 fully saturated rings. The highest BCUT2D eigenvalue weighted by molar-refractivity contribution is 5.83. The fourth-order valence-corrected chi connectivity index (χ4v) is 1.96. The van der Waals surface area contributed by atoms with Crippen LogP contribution in [-0.4, -0.2) is 15.6 Å². The minimum absolute atomic E-state index is 0.0376. The second-order valence-corrected chi connectivity index (χ2v) is 3.65. The van der Waals surface area contributed by atoms with Crippen molar-refractivity contribution in [3.63, 3.8) is 0 Å². The van der Waals surface area contributed by atoms with Gasteiger partial charge in [0.2, 0.25) is 0 Å². The molecule has 1 heterocycles. The van der Waals surface area contributed by atoms with E-state index in [0.717, 1.165) is 10.9 Å². The third kappa shape index (κ3) is 1.78. The topological polar surface area (TPSA) is 42.2 Å². The molecular weight excluding hydrogens is 209 g/mol. The van der Waals surface area contributed by atoms with Gasteiger partial charge in [-0.15, -0.1) is 0 Å². The average Bonchev–Trinajstić information content (AvgIpc) is 2.53. The van der Waals surface area contributed by atoms with Gasteiger partial charge in [-0.2, -0.15) is 0 Å². The van der Waals surface area contributed by atoms with E-state index < -0.39 is 5.97 Å². The Balaban J connectivity index is 2.62. The fraction of sp³-hybridized carbons (Fsp3) is 0.250. The number of hydrogen-bond donors (Lipinski definition) is 1. The average molecular weight is 221 g/mol. The van der Waals surface area contributed by atoms with Crippen molar-refractivity contribution in [2.75, 3.05) is 0 Å². The van der Waals surface area contributed by atoms with Gasteiger partial charge in [-0.05, 0) is 31.2 Å². The summed E-state index contributed by atoms with van der Waals surface area (Å²) in [6, 6.07) is 6.28. The van der Waals surface area contributed by atoms with E-state index in [1.54, 1.807) is 12.1 Å². The summed E-state index contributed by atoms with van der Waals surface area (Å²) in [6.07, 6.45) is -0.0376. The van der Waals surface area contributed by atoms with Crippen LogP contribution in [0.1, 0.15) is 12.6 Å². The lowest BCUT2D eigenvalue weighted by Gasteiger charge is -2.05. The molecule has 1 N–H and O–H groups in total. The van der Waals surface area contributed by atoms with E-state index in [4.69, 9.17) is 5.11 Å². The smallest absolute Gasteiger partial charge is 0.309 e. The molecule has 0 aliphatic heterocycles. The maximum absolute atomic E-state index is 13.1. The Morgan fingerprint density at radius 1 is 1.44 bits per heavy atom. The third-order valence-electron chi connectivity index (χ3n) is 2.60. The number of aryl methyl sites for hydroxylation is 1. The predicted octanol–water partition coefficient (Wildman–Crippen LogP) is 2.43. The zero-order valence-electron chi connectivity index (χ0n) is 8.90. The number of carbonyl (C=O) groups is 1. The highest BCUT2D eigenvalue weighted by atomic mass is 19.1. The van der Waals surface area contributed by atoms with Crippen molar-refractivity contribution in [3.05, 3.63) is 35.8 Å². The molecule has 0 aliphatic carbocycles. The number of hydrogen-bond acceptors (Lipinski definition) is 1. The molecule has 0 aliphatic rings. The standard InChI is InChI=1S/C12H12FNO2/c1-2-14-10(7-12(15)16)5-8-3-4-9(13)6-11(8)14/h3-6H,2,7H2,1H3,(H,15,16). The lowest BCUT2D eigenvalue weighted by molar-refractivity contribution is -0.136. The Hall–Kier alpha value is -1.84. The Labute approximate surface area is 92.1 Å². The van der Waals surface area contributed by atoms with Gasteiger partial charge in [0, 0.05) is 17.6 Å². The molecule has 0 amide bonds. The first-order valence-electron chi connectivity index (χ1n) is 5.11. The molecule has 1 aromatic heterocycles. The third-order valence-corrected chi connectivity index (χ3v) is 2.60. The zero-order valence-corrected chi connectivity index (χ0v) is 8.90. The van der Waals surface area contributed by atoms with Crippen molar-refractivity contribution in [2.45, 2.75) is 19.9 Å².